The second-order valence-electron chi connectivity index (χ2n) is 12.2. The molecule has 1 heterocycles. The summed E-state index contributed by atoms with van der Waals surface area (Å²) in [7, 11) is 0. The first-order valence-corrected chi connectivity index (χ1v) is 15.8. The van der Waals surface area contributed by atoms with E-state index in [1.54, 1.807) is 6.07 Å². The molecule has 0 aromatic heterocycles. The molecule has 47 heavy (non-hydrogen) atoms. The zero-order valence-electron chi connectivity index (χ0n) is 26.9. The van der Waals surface area contributed by atoms with Crippen molar-refractivity contribution in [2.24, 2.45) is 22.7 Å². The Kier molecular flexibility index (Phi) is 8.67. The number of nitrogens with zero attached hydrogens (tertiary/aromatic N) is 3. The van der Waals surface area contributed by atoms with Gasteiger partial charge in [-0.2, -0.15) is 5.10 Å². The van der Waals surface area contributed by atoms with Crippen LogP contribution < -0.4 is 37.8 Å². The molecule has 1 aliphatic heterocycles. The maximum Gasteiger partial charge on any atom is 0.312 e. The predicted molar refractivity (Wildman–Crippen MR) is 185 cm³/mol. The van der Waals surface area contributed by atoms with Gasteiger partial charge in [-0.15, -0.1) is 0 Å². The van der Waals surface area contributed by atoms with Gasteiger partial charge >= 0.3 is 6.03 Å². The summed E-state index contributed by atoms with van der Waals surface area (Å²) < 4.78 is 2.13. The lowest BCUT2D eigenvalue weighted by Crippen LogP contribution is -2.56. The van der Waals surface area contributed by atoms with E-state index >= 15 is 0 Å². The van der Waals surface area contributed by atoms with Crippen LogP contribution >= 0.6 is 0 Å². The molecule has 6 rings (SSSR count). The molecule has 10 heteroatoms. The summed E-state index contributed by atoms with van der Waals surface area (Å²) in [4.78, 5) is 30.2. The smallest absolute Gasteiger partial charge is 0.312 e. The third-order valence-electron chi connectivity index (χ3n) is 8.91. The lowest BCUT2D eigenvalue weighted by atomic mass is 9.94. The molecule has 3 amide bonds. The van der Waals surface area contributed by atoms with Crippen molar-refractivity contribution in [3.05, 3.63) is 100 Å². The number of urea groups is 1. The summed E-state index contributed by atoms with van der Waals surface area (Å²) in [5.74, 6) is -0.357. The number of nitrogens with one attached hydrogen (secondary N) is 3. The molecule has 4 atom stereocenters. The third-order valence-corrected chi connectivity index (χ3v) is 8.91. The number of carbonyl (C=O) groups excluding carboxylic acids is 2. The molecule has 0 bridgehead atoms. The van der Waals surface area contributed by atoms with Crippen molar-refractivity contribution >= 4 is 40.6 Å². The van der Waals surface area contributed by atoms with Gasteiger partial charge in [-0.05, 0) is 60.2 Å². The Morgan fingerprint density at radius 3 is 2.53 bits per heavy atom. The van der Waals surface area contributed by atoms with Crippen LogP contribution in [0.2, 0.25) is 0 Å². The number of fused-ring (bicyclic) bond motifs is 3. The monoisotopic (exact) mass is 629 g/mol. The minimum Gasteiger partial charge on any atom is -0.506 e. The van der Waals surface area contributed by atoms with Gasteiger partial charge in [0.2, 0.25) is 5.91 Å². The van der Waals surface area contributed by atoms with Gasteiger partial charge in [-0.1, -0.05) is 81.8 Å². The van der Waals surface area contributed by atoms with Crippen LogP contribution in [-0.4, -0.2) is 38.7 Å². The Balaban J connectivity index is 1.50. The number of aromatic nitrogens is 2. The van der Waals surface area contributed by atoms with Crippen LogP contribution in [0.1, 0.15) is 32.8 Å². The molecular weight excluding hydrogens is 590 g/mol. The topological polar surface area (TPSA) is 147 Å². The predicted octanol–water partition coefficient (Wildman–Crippen LogP) is 3.85. The number of anilines is 1. The first-order valence-electron chi connectivity index (χ1n) is 15.8. The van der Waals surface area contributed by atoms with Gasteiger partial charge in [-0.3, -0.25) is 10.2 Å². The van der Waals surface area contributed by atoms with Crippen molar-refractivity contribution in [1.82, 2.24) is 20.2 Å². The first kappa shape index (κ1) is 31.3. The standard InChI is InChI=1S/C37H39N7O3/c1-5-21(2)34(41-37(38)47)36(46)40-27-19-31-29(17-22(27)3)39-30-18-23(4)28(20-32(30)44(31)25-12-7-6-8-13-25)42-43-35-26-14-10-9-11-24(26)15-16-33(35)45/h6-22,27,34,43,45H,5H2,1-4H3,(H,40,46)(H3,38,41,47). The number of aryl methyl sites for hydroxylation is 1. The van der Waals surface area contributed by atoms with Gasteiger partial charge in [0.1, 0.15) is 17.5 Å². The fourth-order valence-electron chi connectivity index (χ4n) is 6.08. The molecule has 0 fully saturated rings. The van der Waals surface area contributed by atoms with E-state index in [0.717, 1.165) is 44.1 Å². The Bertz CT molecular complexity index is 2140. The molecule has 3 aromatic carbocycles. The largest absolute Gasteiger partial charge is 0.506 e. The van der Waals surface area contributed by atoms with Crippen molar-refractivity contribution in [2.75, 3.05) is 5.43 Å². The van der Waals surface area contributed by atoms with Crippen molar-refractivity contribution < 1.29 is 14.7 Å². The summed E-state index contributed by atoms with van der Waals surface area (Å²) in [6.07, 6.45) is 4.79. The quantitative estimate of drug-likeness (QED) is 0.131. The molecule has 240 valence electrons. The van der Waals surface area contributed by atoms with E-state index in [4.69, 9.17) is 15.8 Å². The average Bonchev–Trinajstić information content (AvgIpc) is 3.06. The minimum atomic E-state index is -0.753. The zero-order chi connectivity index (χ0) is 33.2. The van der Waals surface area contributed by atoms with Gasteiger partial charge < -0.3 is 26.0 Å². The number of aromatic hydroxyl groups is 1. The Morgan fingerprint density at radius 1 is 1.04 bits per heavy atom. The number of primary amides is 1. The Labute approximate surface area is 272 Å². The summed E-state index contributed by atoms with van der Waals surface area (Å²) >= 11 is 0. The number of rotatable bonds is 8. The minimum absolute atomic E-state index is 0.0697. The average molecular weight is 630 g/mol. The summed E-state index contributed by atoms with van der Waals surface area (Å²) in [5, 5.41) is 25.3. The lowest BCUT2D eigenvalue weighted by Gasteiger charge is -2.29. The second kappa shape index (κ2) is 13.0. The third kappa shape index (κ3) is 6.27. The molecule has 0 saturated carbocycles. The van der Waals surface area contributed by atoms with E-state index < -0.39 is 12.1 Å². The van der Waals surface area contributed by atoms with Gasteiger partial charge in [0.05, 0.1) is 33.5 Å². The molecule has 2 aliphatic carbocycles. The van der Waals surface area contributed by atoms with Crippen LogP contribution in [0.15, 0.2) is 84.0 Å². The molecule has 0 radical (unpaired) electrons. The highest BCUT2D eigenvalue weighted by Gasteiger charge is 2.29. The van der Waals surface area contributed by atoms with Gasteiger partial charge in [0.15, 0.2) is 0 Å². The van der Waals surface area contributed by atoms with E-state index in [9.17, 15) is 14.7 Å². The number of carbonyl (C=O) groups is 2. The fraction of sp³-hybridized carbons (Fsp3) is 0.243. The van der Waals surface area contributed by atoms with Crippen LogP contribution in [0.5, 0.6) is 5.75 Å². The molecule has 10 nitrogen and oxygen atoms in total. The van der Waals surface area contributed by atoms with Crippen LogP contribution in [0, 0.1) is 18.8 Å². The van der Waals surface area contributed by atoms with Gasteiger partial charge in [0.25, 0.3) is 0 Å². The number of phenolic OH excluding ortho intramolecular Hbond substituents is 1. The molecule has 3 aliphatic rings. The number of amides is 3. The highest BCUT2D eigenvalue weighted by molar-refractivity contribution is 5.96. The van der Waals surface area contributed by atoms with Crippen LogP contribution in [0.4, 0.5) is 10.5 Å². The molecule has 3 aromatic rings. The van der Waals surface area contributed by atoms with Gasteiger partial charge in [-0.25, -0.2) is 9.78 Å². The Morgan fingerprint density at radius 2 is 1.79 bits per heavy atom. The Hall–Kier alpha value is -5.64. The SMILES string of the molecule is CCC(C)C(NC(N)=O)C(=O)NC1C=c2c(nc3cc(C)c(=NNc4c(O)ccc5ccccc45)cc-3n2-c2ccccc2)=CC1C. The fourth-order valence-corrected chi connectivity index (χ4v) is 6.08. The maximum absolute atomic E-state index is 13.5. The van der Waals surface area contributed by atoms with Crippen molar-refractivity contribution in [3.63, 3.8) is 0 Å². The molecule has 0 saturated heterocycles. The van der Waals surface area contributed by atoms with Crippen molar-refractivity contribution in [3.8, 4) is 22.8 Å². The van der Waals surface area contributed by atoms with E-state index in [0.29, 0.717) is 17.5 Å². The molecule has 0 spiro atoms. The second-order valence-corrected chi connectivity index (χ2v) is 12.2. The number of para-hydroxylation sites is 1. The van der Waals surface area contributed by atoms with Crippen LogP contribution in [0.25, 0.3) is 40.0 Å². The maximum atomic E-state index is 13.5. The number of hydrogen-bond donors (Lipinski definition) is 5. The van der Waals surface area contributed by atoms with Crippen molar-refractivity contribution in [1.29, 1.82) is 0 Å². The summed E-state index contributed by atoms with van der Waals surface area (Å²) in [6, 6.07) is 23.5. The van der Waals surface area contributed by atoms with E-state index in [2.05, 4.69) is 26.7 Å². The normalized spacial score (nSPS) is 17.2. The molecule has 6 N–H and O–H groups in total. The lowest BCUT2D eigenvalue weighted by molar-refractivity contribution is -0.124. The van der Waals surface area contributed by atoms with Crippen LogP contribution in [-0.2, 0) is 4.79 Å². The number of phenols is 1. The van der Waals surface area contributed by atoms with Crippen LogP contribution in [0.3, 0.4) is 0 Å². The highest BCUT2D eigenvalue weighted by atomic mass is 16.3. The van der Waals surface area contributed by atoms with E-state index in [1.807, 2.05) is 107 Å². The number of nitrogens with two attached hydrogens (primary N) is 1. The molecule has 4 unspecified atom stereocenters. The van der Waals surface area contributed by atoms with Gasteiger partial charge in [0, 0.05) is 17.0 Å². The zero-order valence-corrected chi connectivity index (χ0v) is 26.9. The summed E-state index contributed by atoms with van der Waals surface area (Å²) in [5.41, 5.74) is 12.5. The summed E-state index contributed by atoms with van der Waals surface area (Å²) in [6.45, 7) is 7.89. The molecular formula is C37H39N7O3. The first-order chi connectivity index (χ1) is 22.6. The van der Waals surface area contributed by atoms with Crippen molar-refractivity contribution in [2.45, 2.75) is 46.2 Å². The number of hydrogen-bond acceptors (Lipinski definition) is 6. The van der Waals surface area contributed by atoms with E-state index in [-0.39, 0.29) is 29.5 Å². The highest BCUT2D eigenvalue weighted by Crippen LogP contribution is 2.32. The van der Waals surface area contributed by atoms with E-state index in [1.165, 1.54) is 0 Å². The number of benzene rings is 4.